The maximum atomic E-state index is 11.1. The Morgan fingerprint density at radius 1 is 1.08 bits per heavy atom. The van der Waals surface area contributed by atoms with Crippen molar-refractivity contribution >= 4 is 5.97 Å². The molecule has 0 fully saturated rings. The van der Waals surface area contributed by atoms with E-state index in [1.165, 1.54) is 17.7 Å². The van der Waals surface area contributed by atoms with Crippen LogP contribution in [0, 0.1) is 11.3 Å². The monoisotopic (exact) mass is 502 g/mol. The zero-order chi connectivity index (χ0) is 26.8. The molecule has 3 aromatic carbocycles. The van der Waals surface area contributed by atoms with Crippen LogP contribution in [0.5, 0.6) is 11.5 Å². The lowest BCUT2D eigenvalue weighted by Gasteiger charge is -2.28. The molecule has 0 aromatic heterocycles. The minimum Gasteiger partial charge on any atom is -0.497 e. The highest BCUT2D eigenvalue weighted by Crippen LogP contribution is 2.28. The Balaban J connectivity index is 1.51. The van der Waals surface area contributed by atoms with Crippen molar-refractivity contribution in [3.8, 4) is 28.7 Å². The average Bonchev–Trinajstić information content (AvgIpc) is 2.90. The van der Waals surface area contributed by atoms with Crippen molar-refractivity contribution in [3.63, 3.8) is 0 Å². The first-order valence-corrected chi connectivity index (χ1v) is 12.3. The van der Waals surface area contributed by atoms with Crippen molar-refractivity contribution in [2.75, 3.05) is 20.3 Å². The molecule has 0 amide bonds. The van der Waals surface area contributed by atoms with E-state index in [0.717, 1.165) is 36.1 Å². The minimum atomic E-state index is -0.988. The molecule has 0 bridgehead atoms. The summed E-state index contributed by atoms with van der Waals surface area (Å²) >= 11 is 0. The van der Waals surface area contributed by atoms with Crippen molar-refractivity contribution in [1.82, 2.24) is 5.32 Å². The maximum absolute atomic E-state index is 11.1. The number of β-amino-alcohol motifs (C(OH)–C–C–N with tert-alkyl or cyclic N) is 1. The van der Waals surface area contributed by atoms with E-state index in [0.29, 0.717) is 17.9 Å². The summed E-state index contributed by atoms with van der Waals surface area (Å²) < 4.78 is 11.1. The van der Waals surface area contributed by atoms with E-state index in [2.05, 4.69) is 37.4 Å². The fourth-order valence-corrected chi connectivity index (χ4v) is 4.01. The van der Waals surface area contributed by atoms with Gasteiger partial charge in [0.2, 0.25) is 0 Å². The van der Waals surface area contributed by atoms with E-state index >= 15 is 0 Å². The number of benzene rings is 3. The van der Waals surface area contributed by atoms with Crippen LogP contribution < -0.4 is 14.8 Å². The van der Waals surface area contributed by atoms with Gasteiger partial charge in [0.15, 0.2) is 0 Å². The summed E-state index contributed by atoms with van der Waals surface area (Å²) in [6, 6.07) is 21.9. The molecule has 0 saturated carbocycles. The number of nitriles is 1. The Kier molecular flexibility index (Phi) is 9.67. The molecule has 3 aromatic rings. The largest absolute Gasteiger partial charge is 0.497 e. The Labute approximate surface area is 218 Å². The molecule has 0 aliphatic heterocycles. The first-order valence-electron chi connectivity index (χ1n) is 12.3. The van der Waals surface area contributed by atoms with Gasteiger partial charge in [0.25, 0.3) is 0 Å². The van der Waals surface area contributed by atoms with Crippen LogP contribution in [-0.2, 0) is 6.42 Å². The third kappa shape index (κ3) is 8.35. The number of aryl methyl sites for hydroxylation is 1. The molecule has 0 aliphatic carbocycles. The van der Waals surface area contributed by atoms with Crippen LogP contribution in [0.25, 0.3) is 11.1 Å². The van der Waals surface area contributed by atoms with Gasteiger partial charge < -0.3 is 25.0 Å². The van der Waals surface area contributed by atoms with Crippen LogP contribution in [0.3, 0.4) is 0 Å². The summed E-state index contributed by atoms with van der Waals surface area (Å²) in [5, 5.41) is 32.5. The average molecular weight is 503 g/mol. The molecule has 37 heavy (non-hydrogen) atoms. The molecule has 1 atom stereocenters. The predicted octanol–water partition coefficient (Wildman–Crippen LogP) is 5.06. The van der Waals surface area contributed by atoms with E-state index in [-0.39, 0.29) is 17.7 Å². The highest BCUT2D eigenvalue weighted by molar-refractivity contribution is 5.88. The normalized spacial score (nSPS) is 12.0. The summed E-state index contributed by atoms with van der Waals surface area (Å²) in [6.45, 7) is 4.60. The first kappa shape index (κ1) is 27.7. The number of aliphatic hydroxyl groups is 1. The second kappa shape index (κ2) is 12.9. The highest BCUT2D eigenvalue weighted by Gasteiger charge is 2.19. The van der Waals surface area contributed by atoms with Crippen LogP contribution >= 0.6 is 0 Å². The third-order valence-electron chi connectivity index (χ3n) is 6.22. The smallest absolute Gasteiger partial charge is 0.335 e. The van der Waals surface area contributed by atoms with Crippen LogP contribution in [-0.4, -0.2) is 48.1 Å². The van der Waals surface area contributed by atoms with E-state index in [1.54, 1.807) is 37.4 Å². The summed E-state index contributed by atoms with van der Waals surface area (Å²) in [4.78, 5) is 11.1. The Morgan fingerprint density at radius 3 is 2.49 bits per heavy atom. The van der Waals surface area contributed by atoms with Gasteiger partial charge in [-0.3, -0.25) is 0 Å². The molecule has 3 N–H and O–H groups in total. The van der Waals surface area contributed by atoms with Gasteiger partial charge in [0, 0.05) is 12.1 Å². The van der Waals surface area contributed by atoms with Gasteiger partial charge in [-0.15, -0.1) is 0 Å². The molecule has 0 aliphatic rings. The number of hydrogen-bond acceptors (Lipinski definition) is 6. The van der Waals surface area contributed by atoms with Crippen LogP contribution in [0.1, 0.15) is 48.2 Å². The Bertz CT molecular complexity index is 1230. The SMILES string of the molecule is COc1cccc(CCCC(C)(C)NC[C@H](O)COc2cc(-c3ccc(C(=O)O)cc3)ccc2C#N)c1. The standard InChI is InChI=1S/C30H34N2O5/c1-30(2,15-5-7-21-6-4-8-27(16-21)36-3)32-19-26(33)20-37-28-17-24(13-14-25(28)18-31)22-9-11-23(12-10-22)29(34)35/h4,6,8-14,16-17,26,32-33H,5,7,15,19-20H2,1-3H3,(H,34,35)/t26-/m0/s1. The van der Waals surface area contributed by atoms with Gasteiger partial charge in [-0.25, -0.2) is 4.79 Å². The lowest BCUT2D eigenvalue weighted by Crippen LogP contribution is -2.44. The second-order valence-corrected chi connectivity index (χ2v) is 9.64. The minimum absolute atomic E-state index is 0.0307. The molecule has 194 valence electrons. The Morgan fingerprint density at radius 2 is 1.81 bits per heavy atom. The van der Waals surface area contributed by atoms with Crippen molar-refractivity contribution in [1.29, 1.82) is 5.26 Å². The zero-order valence-corrected chi connectivity index (χ0v) is 21.5. The van der Waals surface area contributed by atoms with Crippen molar-refractivity contribution in [2.45, 2.75) is 44.8 Å². The summed E-state index contributed by atoms with van der Waals surface area (Å²) in [5.41, 5.74) is 3.22. The quantitative estimate of drug-likeness (QED) is 0.299. The lowest BCUT2D eigenvalue weighted by atomic mass is 9.95. The summed E-state index contributed by atoms with van der Waals surface area (Å²) in [6.07, 6.45) is 2.10. The number of carboxylic acids is 1. The number of hydrogen-bond donors (Lipinski definition) is 3. The third-order valence-corrected chi connectivity index (χ3v) is 6.22. The number of methoxy groups -OCH3 is 1. The molecule has 0 saturated heterocycles. The van der Waals surface area contributed by atoms with E-state index in [4.69, 9.17) is 14.6 Å². The number of aromatic carboxylic acids is 1. The number of rotatable bonds is 13. The van der Waals surface area contributed by atoms with Crippen molar-refractivity contribution in [2.24, 2.45) is 0 Å². The van der Waals surface area contributed by atoms with Gasteiger partial charge in [-0.2, -0.15) is 5.26 Å². The van der Waals surface area contributed by atoms with Crippen molar-refractivity contribution < 1.29 is 24.5 Å². The molecule has 7 nitrogen and oxygen atoms in total. The first-order chi connectivity index (χ1) is 17.7. The van der Waals surface area contributed by atoms with E-state index < -0.39 is 12.1 Å². The van der Waals surface area contributed by atoms with Crippen LogP contribution in [0.4, 0.5) is 0 Å². The maximum Gasteiger partial charge on any atom is 0.335 e. The molecule has 0 heterocycles. The number of ether oxygens (including phenoxy) is 2. The lowest BCUT2D eigenvalue weighted by molar-refractivity contribution is 0.0697. The van der Waals surface area contributed by atoms with Gasteiger partial charge in [0.05, 0.1) is 18.2 Å². The molecular weight excluding hydrogens is 468 g/mol. The van der Waals surface area contributed by atoms with Crippen LogP contribution in [0.15, 0.2) is 66.7 Å². The van der Waals surface area contributed by atoms with Gasteiger partial charge >= 0.3 is 5.97 Å². The van der Waals surface area contributed by atoms with E-state index in [9.17, 15) is 15.2 Å². The van der Waals surface area contributed by atoms with Gasteiger partial charge in [-0.1, -0.05) is 30.3 Å². The fourth-order valence-electron chi connectivity index (χ4n) is 4.01. The summed E-state index contributed by atoms with van der Waals surface area (Å²) in [5.74, 6) is 0.246. The molecule has 3 rings (SSSR count). The molecular formula is C30H34N2O5. The predicted molar refractivity (Wildman–Crippen MR) is 143 cm³/mol. The van der Waals surface area contributed by atoms with Gasteiger partial charge in [0.1, 0.15) is 30.3 Å². The summed E-state index contributed by atoms with van der Waals surface area (Å²) in [7, 11) is 1.67. The second-order valence-electron chi connectivity index (χ2n) is 9.64. The van der Waals surface area contributed by atoms with E-state index in [1.807, 2.05) is 12.1 Å². The number of carbonyl (C=O) groups is 1. The fraction of sp³-hybridized carbons (Fsp3) is 0.333. The molecule has 0 unspecified atom stereocenters. The number of nitrogens with one attached hydrogen (secondary N) is 1. The zero-order valence-electron chi connectivity index (χ0n) is 21.5. The number of nitrogens with zero attached hydrogens (tertiary/aromatic N) is 1. The molecule has 0 radical (unpaired) electrons. The number of carboxylic acid groups (broad SMARTS) is 1. The van der Waals surface area contributed by atoms with Crippen molar-refractivity contribution in [3.05, 3.63) is 83.4 Å². The highest BCUT2D eigenvalue weighted by atomic mass is 16.5. The van der Waals surface area contributed by atoms with Gasteiger partial charge in [-0.05, 0) is 86.2 Å². The number of aliphatic hydroxyl groups excluding tert-OH is 1. The topological polar surface area (TPSA) is 112 Å². The van der Waals surface area contributed by atoms with Crippen LogP contribution in [0.2, 0.25) is 0 Å². The molecule has 7 heteroatoms. The molecule has 0 spiro atoms. The Hall–Kier alpha value is -3.86.